The molecule has 2 heterocycles. The second-order valence-corrected chi connectivity index (χ2v) is 8.32. The highest BCUT2D eigenvalue weighted by Crippen LogP contribution is 2.40. The number of carboxylic acid groups (broad SMARTS) is 1. The fourth-order valence-corrected chi connectivity index (χ4v) is 5.30. The van der Waals surface area contributed by atoms with Gasteiger partial charge in [0, 0.05) is 18.0 Å². The van der Waals surface area contributed by atoms with Gasteiger partial charge in [-0.1, -0.05) is 6.92 Å². The number of halogens is 3. The van der Waals surface area contributed by atoms with Gasteiger partial charge in [0.1, 0.15) is 4.21 Å². The van der Waals surface area contributed by atoms with E-state index < -0.39 is 47.1 Å². The summed E-state index contributed by atoms with van der Waals surface area (Å²) in [5, 5.41) is 8.92. The molecule has 1 aliphatic heterocycles. The van der Waals surface area contributed by atoms with Crippen LogP contribution in [0.15, 0.2) is 16.3 Å². The van der Waals surface area contributed by atoms with Crippen LogP contribution in [0.2, 0.25) is 0 Å². The van der Waals surface area contributed by atoms with Crippen LogP contribution in [0, 0.1) is 11.8 Å². The van der Waals surface area contributed by atoms with Gasteiger partial charge in [0.15, 0.2) is 0 Å². The van der Waals surface area contributed by atoms with Crippen molar-refractivity contribution in [3.05, 3.63) is 17.0 Å². The Kier molecular flexibility index (Phi) is 4.56. The lowest BCUT2D eigenvalue weighted by molar-refractivity contribution is -0.187. The number of nitrogens with zero attached hydrogens (tertiary/aromatic N) is 1. The fraction of sp³-hybridized carbons (Fsp3) is 0.583. The first-order valence-corrected chi connectivity index (χ1v) is 8.71. The Morgan fingerprint density at radius 3 is 2.45 bits per heavy atom. The van der Waals surface area contributed by atoms with Crippen molar-refractivity contribution < 1.29 is 31.5 Å². The van der Waals surface area contributed by atoms with Crippen molar-refractivity contribution in [2.45, 2.75) is 23.7 Å². The van der Waals surface area contributed by atoms with Gasteiger partial charge in [-0.05, 0) is 18.6 Å². The molecule has 5 nitrogen and oxygen atoms in total. The molecule has 2 atom stereocenters. The van der Waals surface area contributed by atoms with Crippen molar-refractivity contribution in [3.63, 3.8) is 0 Å². The molecule has 0 radical (unpaired) electrons. The predicted octanol–water partition coefficient (Wildman–Crippen LogP) is 2.19. The summed E-state index contributed by atoms with van der Waals surface area (Å²) in [5.74, 6) is -5.61. The van der Waals surface area contributed by atoms with Crippen LogP contribution in [0.4, 0.5) is 13.2 Å². The Morgan fingerprint density at radius 2 is 2.05 bits per heavy atom. The lowest BCUT2D eigenvalue weighted by Crippen LogP contribution is -2.34. The van der Waals surface area contributed by atoms with E-state index in [2.05, 4.69) is 0 Å². The van der Waals surface area contributed by atoms with E-state index in [1.54, 1.807) is 6.07 Å². The Labute approximate surface area is 129 Å². The van der Waals surface area contributed by atoms with Crippen molar-refractivity contribution in [1.82, 2.24) is 4.31 Å². The second kappa shape index (κ2) is 5.82. The molecule has 1 aromatic rings. The minimum absolute atomic E-state index is 0.0590. The Hall–Kier alpha value is -1.13. The van der Waals surface area contributed by atoms with Crippen LogP contribution in [-0.4, -0.2) is 43.1 Å². The molecule has 1 saturated heterocycles. The lowest BCUT2D eigenvalue weighted by Gasteiger charge is -2.18. The number of thiophene rings is 1. The monoisotopic (exact) mass is 357 g/mol. The third-order valence-corrected chi connectivity index (χ3v) is 7.13. The number of sulfonamides is 1. The third kappa shape index (κ3) is 3.13. The van der Waals surface area contributed by atoms with Crippen LogP contribution in [0.25, 0.3) is 0 Å². The summed E-state index contributed by atoms with van der Waals surface area (Å²) in [6.45, 7) is 0.307. The first kappa shape index (κ1) is 17.2. The molecule has 0 aromatic carbocycles. The van der Waals surface area contributed by atoms with Gasteiger partial charge in [0.25, 0.3) is 10.0 Å². The van der Waals surface area contributed by atoms with Crippen molar-refractivity contribution >= 4 is 27.3 Å². The maximum absolute atomic E-state index is 12.9. The number of carboxylic acids is 1. The molecule has 2 rings (SSSR count). The molecule has 0 unspecified atom stereocenters. The van der Waals surface area contributed by atoms with Crippen molar-refractivity contribution in [3.8, 4) is 0 Å². The summed E-state index contributed by atoms with van der Waals surface area (Å²) in [5.41, 5.74) is 0. The van der Waals surface area contributed by atoms with Crippen LogP contribution >= 0.6 is 11.3 Å². The highest BCUT2D eigenvalue weighted by molar-refractivity contribution is 7.91. The van der Waals surface area contributed by atoms with Gasteiger partial charge in [-0.25, -0.2) is 8.42 Å². The molecule has 0 aliphatic carbocycles. The first-order chi connectivity index (χ1) is 10.1. The number of hydrogen-bond donors (Lipinski definition) is 1. The van der Waals surface area contributed by atoms with E-state index in [1.165, 1.54) is 6.07 Å². The summed E-state index contributed by atoms with van der Waals surface area (Å²) < 4.78 is 64.1. The molecule has 1 N–H and O–H groups in total. The predicted molar refractivity (Wildman–Crippen MR) is 73.1 cm³/mol. The Balaban J connectivity index is 2.31. The standard InChI is InChI=1S/C12H14F3NO4S2/c1-2-7-3-4-10(21-7)22(19,20)16-5-8(11(17)18)9(6-16)12(13,14)15/h3-4,8-9H,2,5-6H2,1H3,(H,17,18)/t8-,9-/m1/s1. The number of carbonyl (C=O) groups is 1. The van der Waals surface area contributed by atoms with Gasteiger partial charge < -0.3 is 5.11 Å². The summed E-state index contributed by atoms with van der Waals surface area (Å²) >= 11 is 0.987. The maximum Gasteiger partial charge on any atom is 0.393 e. The molecule has 22 heavy (non-hydrogen) atoms. The molecule has 1 fully saturated rings. The molecule has 0 bridgehead atoms. The van der Waals surface area contributed by atoms with E-state index in [1.807, 2.05) is 6.92 Å². The summed E-state index contributed by atoms with van der Waals surface area (Å²) in [6.07, 6.45) is -4.14. The zero-order valence-electron chi connectivity index (χ0n) is 11.5. The van der Waals surface area contributed by atoms with Crippen LogP contribution in [0.3, 0.4) is 0 Å². The average molecular weight is 357 g/mol. The highest BCUT2D eigenvalue weighted by atomic mass is 32.2. The minimum atomic E-state index is -4.75. The second-order valence-electron chi connectivity index (χ2n) is 4.99. The topological polar surface area (TPSA) is 74.7 Å². The SMILES string of the molecule is CCc1ccc(S(=O)(=O)N2C[C@@H](C(F)(F)F)[C@H](C(=O)O)C2)s1. The number of alkyl halides is 3. The van der Waals surface area contributed by atoms with E-state index in [-0.39, 0.29) is 4.21 Å². The fourth-order valence-electron chi connectivity index (χ4n) is 2.36. The quantitative estimate of drug-likeness (QED) is 0.896. The zero-order chi connectivity index (χ0) is 16.7. The average Bonchev–Trinajstić information content (AvgIpc) is 3.05. The molecule has 10 heteroatoms. The summed E-state index contributed by atoms with van der Waals surface area (Å²) in [4.78, 5) is 11.8. The highest BCUT2D eigenvalue weighted by Gasteiger charge is 2.55. The van der Waals surface area contributed by atoms with Crippen molar-refractivity contribution in [2.24, 2.45) is 11.8 Å². The van der Waals surface area contributed by atoms with E-state index in [9.17, 15) is 26.4 Å². The number of hydrogen-bond acceptors (Lipinski definition) is 4. The molecule has 0 saturated carbocycles. The third-order valence-electron chi connectivity index (χ3n) is 3.60. The molecule has 0 spiro atoms. The van der Waals surface area contributed by atoms with Gasteiger partial charge in [-0.2, -0.15) is 17.5 Å². The van der Waals surface area contributed by atoms with Crippen LogP contribution in [0.5, 0.6) is 0 Å². The van der Waals surface area contributed by atoms with E-state index >= 15 is 0 Å². The molecule has 1 aromatic heterocycles. The molecule has 1 aliphatic rings. The Bertz CT molecular complexity index is 668. The maximum atomic E-state index is 12.9. The first-order valence-electron chi connectivity index (χ1n) is 6.45. The minimum Gasteiger partial charge on any atom is -0.481 e. The molecular weight excluding hydrogens is 343 g/mol. The van der Waals surface area contributed by atoms with E-state index in [4.69, 9.17) is 5.11 Å². The van der Waals surface area contributed by atoms with Gasteiger partial charge in [0.05, 0.1) is 11.8 Å². The largest absolute Gasteiger partial charge is 0.481 e. The lowest BCUT2D eigenvalue weighted by atomic mass is 9.96. The van der Waals surface area contributed by atoms with Gasteiger partial charge in [0.2, 0.25) is 0 Å². The molecule has 124 valence electrons. The van der Waals surface area contributed by atoms with Crippen LogP contribution in [-0.2, 0) is 21.2 Å². The summed E-state index contributed by atoms with van der Waals surface area (Å²) in [6, 6.07) is 2.94. The smallest absolute Gasteiger partial charge is 0.393 e. The molecular formula is C12H14F3NO4S2. The van der Waals surface area contributed by atoms with Crippen LogP contribution in [0.1, 0.15) is 11.8 Å². The van der Waals surface area contributed by atoms with Gasteiger partial charge >= 0.3 is 12.1 Å². The molecule has 0 amide bonds. The van der Waals surface area contributed by atoms with Crippen molar-refractivity contribution in [2.75, 3.05) is 13.1 Å². The summed E-state index contributed by atoms with van der Waals surface area (Å²) in [7, 11) is -4.10. The van der Waals surface area contributed by atoms with Crippen LogP contribution < -0.4 is 0 Å². The Morgan fingerprint density at radius 1 is 1.41 bits per heavy atom. The van der Waals surface area contributed by atoms with E-state index in [0.29, 0.717) is 10.7 Å². The van der Waals surface area contributed by atoms with Gasteiger partial charge in [-0.3, -0.25) is 4.79 Å². The van der Waals surface area contributed by atoms with E-state index in [0.717, 1.165) is 16.2 Å². The normalized spacial score (nSPS) is 23.8. The number of aliphatic carboxylic acids is 1. The number of aryl methyl sites for hydroxylation is 1. The van der Waals surface area contributed by atoms with Crippen molar-refractivity contribution in [1.29, 1.82) is 0 Å². The zero-order valence-corrected chi connectivity index (χ0v) is 13.1. The number of rotatable bonds is 4. The van der Waals surface area contributed by atoms with Gasteiger partial charge in [-0.15, -0.1) is 11.3 Å².